The van der Waals surface area contributed by atoms with E-state index < -0.39 is 0 Å². The van der Waals surface area contributed by atoms with E-state index in [-0.39, 0.29) is 24.0 Å². The van der Waals surface area contributed by atoms with Crippen molar-refractivity contribution in [2.24, 2.45) is 16.8 Å². The first-order chi connectivity index (χ1) is 9.35. The Morgan fingerprint density at radius 3 is 2.40 bits per heavy atom. The third-order valence-electron chi connectivity index (χ3n) is 4.55. The molecular weight excluding hydrogens is 381 g/mol. The Labute approximate surface area is 145 Å². The Kier molecular flexibility index (Phi) is 9.33. The summed E-state index contributed by atoms with van der Waals surface area (Å²) in [7, 11) is 1.92. The van der Waals surface area contributed by atoms with Gasteiger partial charge >= 0.3 is 0 Å². The van der Waals surface area contributed by atoms with Gasteiger partial charge in [-0.3, -0.25) is 4.99 Å². The summed E-state index contributed by atoms with van der Waals surface area (Å²) in [6, 6.07) is 0. The quantitative estimate of drug-likeness (QED) is 0.325. The van der Waals surface area contributed by atoms with Crippen molar-refractivity contribution in [1.29, 1.82) is 0 Å². The lowest BCUT2D eigenvalue weighted by Gasteiger charge is -2.22. The largest absolute Gasteiger partial charge is 0.356 e. The predicted molar refractivity (Wildman–Crippen MR) is 101 cm³/mol. The van der Waals surface area contributed by atoms with Gasteiger partial charge in [0.25, 0.3) is 0 Å². The fourth-order valence-electron chi connectivity index (χ4n) is 3.48. The van der Waals surface area contributed by atoms with Crippen LogP contribution in [0, 0.1) is 11.8 Å². The van der Waals surface area contributed by atoms with E-state index in [1.54, 1.807) is 0 Å². The Morgan fingerprint density at radius 1 is 1.20 bits per heavy atom. The average molecular weight is 411 g/mol. The molecule has 0 aromatic heterocycles. The molecule has 2 atom stereocenters. The number of rotatable bonds is 5. The molecule has 1 N–H and O–H groups in total. The molecule has 1 heterocycles. The molecule has 2 rings (SSSR count). The van der Waals surface area contributed by atoms with Gasteiger partial charge in [0.2, 0.25) is 0 Å². The highest BCUT2D eigenvalue weighted by molar-refractivity contribution is 14.0. The number of fused-ring (bicyclic) bond motifs is 1. The smallest absolute Gasteiger partial charge is 0.193 e. The van der Waals surface area contributed by atoms with E-state index in [1.807, 2.05) is 18.8 Å². The molecule has 2 aliphatic rings. The summed E-state index contributed by atoms with van der Waals surface area (Å²) in [5.74, 6) is 4.28. The van der Waals surface area contributed by atoms with E-state index in [9.17, 15) is 0 Å². The van der Waals surface area contributed by atoms with E-state index >= 15 is 0 Å². The number of likely N-dealkylation sites (tertiary alicyclic amines) is 1. The molecule has 3 nitrogen and oxygen atoms in total. The second-order valence-corrected chi connectivity index (χ2v) is 6.87. The van der Waals surface area contributed by atoms with Gasteiger partial charge in [0, 0.05) is 26.7 Å². The second-order valence-electron chi connectivity index (χ2n) is 5.88. The maximum atomic E-state index is 4.47. The molecular formula is C15H30IN3S. The molecule has 1 aliphatic heterocycles. The van der Waals surface area contributed by atoms with Crippen LogP contribution >= 0.6 is 35.7 Å². The molecule has 20 heavy (non-hydrogen) atoms. The summed E-state index contributed by atoms with van der Waals surface area (Å²) in [6.07, 6.45) is 10.5. The van der Waals surface area contributed by atoms with Crippen molar-refractivity contribution in [2.75, 3.05) is 38.7 Å². The highest BCUT2D eigenvalue weighted by atomic mass is 127. The van der Waals surface area contributed by atoms with Gasteiger partial charge in [-0.25, -0.2) is 0 Å². The molecule has 0 aromatic carbocycles. The lowest BCUT2D eigenvalue weighted by molar-refractivity contribution is 0.299. The van der Waals surface area contributed by atoms with Crippen LogP contribution in [0.5, 0.6) is 0 Å². The SMILES string of the molecule is CN=C(NCCCCSC)N1CC2CCCCC2C1.I. The topological polar surface area (TPSA) is 27.6 Å². The Balaban J connectivity index is 0.00000200. The first-order valence-corrected chi connectivity index (χ1v) is 9.19. The maximum Gasteiger partial charge on any atom is 0.193 e. The molecule has 2 unspecified atom stereocenters. The van der Waals surface area contributed by atoms with Gasteiger partial charge in [-0.15, -0.1) is 24.0 Å². The van der Waals surface area contributed by atoms with Crippen LogP contribution in [-0.2, 0) is 0 Å². The lowest BCUT2D eigenvalue weighted by Crippen LogP contribution is -2.40. The van der Waals surface area contributed by atoms with Crippen LogP contribution < -0.4 is 5.32 Å². The Bertz CT molecular complexity index is 285. The summed E-state index contributed by atoms with van der Waals surface area (Å²) in [5, 5.41) is 3.55. The zero-order valence-corrected chi connectivity index (χ0v) is 16.1. The Morgan fingerprint density at radius 2 is 1.85 bits per heavy atom. The number of nitrogens with zero attached hydrogens (tertiary/aromatic N) is 2. The molecule has 1 saturated carbocycles. The maximum absolute atomic E-state index is 4.47. The second kappa shape index (κ2) is 10.1. The van der Waals surface area contributed by atoms with E-state index in [4.69, 9.17) is 0 Å². The average Bonchev–Trinajstić information content (AvgIpc) is 2.86. The summed E-state index contributed by atoms with van der Waals surface area (Å²) < 4.78 is 0. The molecule has 0 amide bonds. The summed E-state index contributed by atoms with van der Waals surface area (Å²) >= 11 is 1.94. The molecule has 5 heteroatoms. The number of hydrogen-bond acceptors (Lipinski definition) is 2. The van der Waals surface area contributed by atoms with Crippen molar-refractivity contribution in [3.8, 4) is 0 Å². The van der Waals surface area contributed by atoms with Gasteiger partial charge in [0.15, 0.2) is 5.96 Å². The number of thioether (sulfide) groups is 1. The molecule has 118 valence electrons. The van der Waals surface area contributed by atoms with Crippen LogP contribution in [0.2, 0.25) is 0 Å². The van der Waals surface area contributed by atoms with E-state index in [0.717, 1.165) is 24.3 Å². The zero-order chi connectivity index (χ0) is 13.5. The first kappa shape index (κ1) is 18.4. The zero-order valence-electron chi connectivity index (χ0n) is 12.9. The minimum absolute atomic E-state index is 0. The number of hydrogen-bond donors (Lipinski definition) is 1. The van der Waals surface area contributed by atoms with Crippen molar-refractivity contribution in [2.45, 2.75) is 38.5 Å². The number of unbranched alkanes of at least 4 members (excludes halogenated alkanes) is 1. The molecule has 2 fully saturated rings. The fourth-order valence-corrected chi connectivity index (χ4v) is 3.98. The number of guanidine groups is 1. The highest BCUT2D eigenvalue weighted by Gasteiger charge is 2.35. The van der Waals surface area contributed by atoms with Crippen molar-refractivity contribution in [3.63, 3.8) is 0 Å². The Hall–Kier alpha value is 0.350. The molecule has 0 radical (unpaired) electrons. The van der Waals surface area contributed by atoms with E-state index in [2.05, 4.69) is 21.5 Å². The van der Waals surface area contributed by atoms with Crippen LogP contribution in [0.25, 0.3) is 0 Å². The van der Waals surface area contributed by atoms with Gasteiger partial charge in [-0.05, 0) is 49.5 Å². The lowest BCUT2D eigenvalue weighted by atomic mass is 9.82. The van der Waals surface area contributed by atoms with Gasteiger partial charge < -0.3 is 10.2 Å². The van der Waals surface area contributed by atoms with Crippen LogP contribution in [0.15, 0.2) is 4.99 Å². The minimum atomic E-state index is 0. The van der Waals surface area contributed by atoms with Crippen molar-refractivity contribution in [3.05, 3.63) is 0 Å². The van der Waals surface area contributed by atoms with Crippen molar-refractivity contribution >= 4 is 41.7 Å². The van der Waals surface area contributed by atoms with E-state index in [1.165, 1.54) is 57.4 Å². The standard InChI is InChI=1S/C15H29N3S.HI/c1-16-15(17-9-5-6-10-19-2)18-11-13-7-3-4-8-14(13)12-18;/h13-14H,3-12H2,1-2H3,(H,16,17);1H. The van der Waals surface area contributed by atoms with Crippen molar-refractivity contribution < 1.29 is 0 Å². The molecule has 1 saturated heterocycles. The normalized spacial score (nSPS) is 26.1. The fraction of sp³-hybridized carbons (Fsp3) is 0.933. The van der Waals surface area contributed by atoms with Crippen LogP contribution in [0.1, 0.15) is 38.5 Å². The monoisotopic (exact) mass is 411 g/mol. The van der Waals surface area contributed by atoms with Crippen LogP contribution in [0.4, 0.5) is 0 Å². The van der Waals surface area contributed by atoms with Gasteiger partial charge in [-0.1, -0.05) is 12.8 Å². The van der Waals surface area contributed by atoms with E-state index in [0.29, 0.717) is 0 Å². The number of halogens is 1. The molecule has 0 spiro atoms. The molecule has 1 aliphatic carbocycles. The van der Waals surface area contributed by atoms with Gasteiger partial charge in [-0.2, -0.15) is 11.8 Å². The molecule has 0 aromatic rings. The van der Waals surface area contributed by atoms with Crippen molar-refractivity contribution in [1.82, 2.24) is 10.2 Å². The number of nitrogens with one attached hydrogen (secondary N) is 1. The van der Waals surface area contributed by atoms with Gasteiger partial charge in [0.05, 0.1) is 0 Å². The number of aliphatic imine (C=N–C) groups is 1. The summed E-state index contributed by atoms with van der Waals surface area (Å²) in [4.78, 5) is 6.97. The molecule has 0 bridgehead atoms. The third-order valence-corrected chi connectivity index (χ3v) is 5.24. The third kappa shape index (κ3) is 5.28. The van der Waals surface area contributed by atoms with Gasteiger partial charge in [0.1, 0.15) is 0 Å². The highest BCUT2D eigenvalue weighted by Crippen LogP contribution is 2.35. The predicted octanol–water partition coefficient (Wildman–Crippen LogP) is 3.45. The first-order valence-electron chi connectivity index (χ1n) is 7.79. The minimum Gasteiger partial charge on any atom is -0.356 e. The summed E-state index contributed by atoms with van der Waals surface area (Å²) in [6.45, 7) is 3.53. The summed E-state index contributed by atoms with van der Waals surface area (Å²) in [5.41, 5.74) is 0. The van der Waals surface area contributed by atoms with Crippen LogP contribution in [0.3, 0.4) is 0 Å². The van der Waals surface area contributed by atoms with Crippen LogP contribution in [-0.4, -0.2) is 49.6 Å².